The van der Waals surface area contributed by atoms with Crippen molar-refractivity contribution in [3.63, 3.8) is 0 Å². The summed E-state index contributed by atoms with van der Waals surface area (Å²) in [5.41, 5.74) is 2.23. The number of phenolic OH excluding ortho intramolecular Hbond substituents is 1. The number of para-hydroxylation sites is 1. The van der Waals surface area contributed by atoms with Crippen LogP contribution in [0, 0.1) is 11.3 Å². The molecule has 1 heterocycles. The molecule has 21 heavy (non-hydrogen) atoms. The van der Waals surface area contributed by atoms with Crippen molar-refractivity contribution in [1.29, 1.82) is 5.26 Å². The Kier molecular flexibility index (Phi) is 3.74. The molecule has 0 saturated carbocycles. The van der Waals surface area contributed by atoms with E-state index < -0.39 is 0 Å². The molecule has 0 radical (unpaired) electrons. The van der Waals surface area contributed by atoms with Crippen molar-refractivity contribution in [2.24, 2.45) is 0 Å². The fourth-order valence-electron chi connectivity index (χ4n) is 1.91. The minimum absolute atomic E-state index is 0.172. The molecule has 0 fully saturated rings. The van der Waals surface area contributed by atoms with E-state index in [-0.39, 0.29) is 5.75 Å². The van der Waals surface area contributed by atoms with Crippen LogP contribution in [0.3, 0.4) is 0 Å². The molecule has 0 amide bonds. The lowest BCUT2D eigenvalue weighted by Crippen LogP contribution is -1.81. The predicted molar refractivity (Wildman–Crippen MR) is 88.9 cm³/mol. The van der Waals surface area contributed by atoms with Crippen LogP contribution in [0.1, 0.15) is 10.6 Å². The molecule has 0 aliphatic carbocycles. The molecule has 1 N–H and O–H groups in total. The molecule has 102 valence electrons. The van der Waals surface area contributed by atoms with Crippen molar-refractivity contribution in [3.8, 4) is 11.8 Å². The summed E-state index contributed by atoms with van der Waals surface area (Å²) in [7, 11) is 0. The first-order valence-corrected chi connectivity index (χ1v) is 7.74. The minimum atomic E-state index is 0.172. The molecular formula is C16H9BrN2OS. The first kappa shape index (κ1) is 13.8. The van der Waals surface area contributed by atoms with Crippen molar-refractivity contribution < 1.29 is 5.11 Å². The van der Waals surface area contributed by atoms with Gasteiger partial charge in [-0.15, -0.1) is 11.3 Å². The second kappa shape index (κ2) is 5.68. The van der Waals surface area contributed by atoms with Crippen molar-refractivity contribution in [2.75, 3.05) is 0 Å². The van der Waals surface area contributed by atoms with E-state index in [0.29, 0.717) is 15.1 Å². The van der Waals surface area contributed by atoms with E-state index in [1.807, 2.05) is 24.3 Å². The van der Waals surface area contributed by atoms with Gasteiger partial charge in [0.25, 0.3) is 0 Å². The van der Waals surface area contributed by atoms with E-state index in [0.717, 1.165) is 15.8 Å². The first-order chi connectivity index (χ1) is 10.2. The number of halogens is 1. The van der Waals surface area contributed by atoms with Crippen LogP contribution in [-0.2, 0) is 0 Å². The van der Waals surface area contributed by atoms with Gasteiger partial charge in [-0.2, -0.15) is 5.26 Å². The molecule has 0 aliphatic rings. The molecule has 0 aliphatic heterocycles. The smallest absolute Gasteiger partial charge is 0.135 e. The second-order valence-electron chi connectivity index (χ2n) is 4.37. The van der Waals surface area contributed by atoms with Gasteiger partial charge in [0.15, 0.2) is 0 Å². The Hall–Kier alpha value is -2.16. The molecule has 1 aromatic heterocycles. The normalized spacial score (nSPS) is 11.5. The molecule has 0 saturated heterocycles. The molecule has 0 spiro atoms. The molecule has 3 aromatic rings. The van der Waals surface area contributed by atoms with Crippen LogP contribution < -0.4 is 0 Å². The average molecular weight is 357 g/mol. The molecule has 0 unspecified atom stereocenters. The third kappa shape index (κ3) is 2.82. The number of rotatable bonds is 2. The quantitative estimate of drug-likeness (QED) is 0.669. The monoisotopic (exact) mass is 356 g/mol. The fraction of sp³-hybridized carbons (Fsp3) is 0. The third-order valence-electron chi connectivity index (χ3n) is 2.93. The Morgan fingerprint density at radius 3 is 2.81 bits per heavy atom. The number of fused-ring (bicyclic) bond motifs is 1. The highest BCUT2D eigenvalue weighted by molar-refractivity contribution is 9.10. The van der Waals surface area contributed by atoms with Crippen LogP contribution >= 0.6 is 27.3 Å². The number of aromatic nitrogens is 1. The summed E-state index contributed by atoms with van der Waals surface area (Å²) < 4.78 is 1.65. The van der Waals surface area contributed by atoms with Gasteiger partial charge in [0.1, 0.15) is 16.8 Å². The largest absolute Gasteiger partial charge is 0.507 e. The van der Waals surface area contributed by atoms with Gasteiger partial charge in [-0.1, -0.05) is 18.2 Å². The molecule has 0 bridgehead atoms. The minimum Gasteiger partial charge on any atom is -0.507 e. The summed E-state index contributed by atoms with van der Waals surface area (Å²) in [6, 6.07) is 15.1. The van der Waals surface area contributed by atoms with E-state index in [1.54, 1.807) is 24.3 Å². The SMILES string of the molecule is N#C/C(=C/c1ccc(O)c(Br)c1)c1nc2ccccc2s1. The first-order valence-electron chi connectivity index (χ1n) is 6.13. The van der Waals surface area contributed by atoms with Crippen LogP contribution in [0.4, 0.5) is 0 Å². The zero-order valence-electron chi connectivity index (χ0n) is 10.7. The van der Waals surface area contributed by atoms with Gasteiger partial charge in [0.2, 0.25) is 0 Å². The van der Waals surface area contributed by atoms with Gasteiger partial charge < -0.3 is 5.11 Å². The van der Waals surface area contributed by atoms with Crippen LogP contribution in [-0.4, -0.2) is 10.1 Å². The maximum atomic E-state index is 9.50. The van der Waals surface area contributed by atoms with Crippen LogP contribution in [0.5, 0.6) is 5.75 Å². The molecular weight excluding hydrogens is 348 g/mol. The van der Waals surface area contributed by atoms with E-state index in [9.17, 15) is 10.4 Å². The number of benzene rings is 2. The number of thiazole rings is 1. The van der Waals surface area contributed by atoms with E-state index in [1.165, 1.54) is 11.3 Å². The number of hydrogen-bond donors (Lipinski definition) is 1. The number of phenols is 1. The fourth-order valence-corrected chi connectivity index (χ4v) is 3.24. The average Bonchev–Trinajstić information content (AvgIpc) is 2.92. The summed E-state index contributed by atoms with van der Waals surface area (Å²) >= 11 is 4.76. The van der Waals surface area contributed by atoms with Crippen molar-refractivity contribution in [3.05, 3.63) is 57.5 Å². The lowest BCUT2D eigenvalue weighted by Gasteiger charge is -1.99. The van der Waals surface area contributed by atoms with Gasteiger partial charge in [-0.05, 0) is 51.8 Å². The maximum Gasteiger partial charge on any atom is 0.135 e. The predicted octanol–water partition coefficient (Wildman–Crippen LogP) is 4.83. The van der Waals surface area contributed by atoms with Crippen molar-refractivity contribution in [2.45, 2.75) is 0 Å². The van der Waals surface area contributed by atoms with Gasteiger partial charge in [-0.25, -0.2) is 4.98 Å². The van der Waals surface area contributed by atoms with Crippen LogP contribution in [0.15, 0.2) is 46.9 Å². The van der Waals surface area contributed by atoms with Gasteiger partial charge in [0, 0.05) is 0 Å². The Morgan fingerprint density at radius 2 is 2.10 bits per heavy atom. The number of nitriles is 1. The lowest BCUT2D eigenvalue weighted by atomic mass is 10.1. The van der Waals surface area contributed by atoms with Crippen LogP contribution in [0.2, 0.25) is 0 Å². The zero-order valence-corrected chi connectivity index (χ0v) is 13.1. The summed E-state index contributed by atoms with van der Waals surface area (Å²) in [6.45, 7) is 0. The number of nitrogens with zero attached hydrogens (tertiary/aromatic N) is 2. The van der Waals surface area contributed by atoms with E-state index in [2.05, 4.69) is 27.0 Å². The lowest BCUT2D eigenvalue weighted by molar-refractivity contribution is 0.472. The Balaban J connectivity index is 2.06. The summed E-state index contributed by atoms with van der Waals surface area (Å²) in [5, 5.41) is 19.6. The van der Waals surface area contributed by atoms with Gasteiger partial charge in [-0.3, -0.25) is 0 Å². The van der Waals surface area contributed by atoms with E-state index >= 15 is 0 Å². The topological polar surface area (TPSA) is 56.9 Å². The molecule has 5 heteroatoms. The standard InChI is InChI=1S/C16H9BrN2OS/c17-12-8-10(5-6-14(12)20)7-11(9-18)16-19-13-3-1-2-4-15(13)21-16/h1-8,20H/b11-7-. The molecule has 0 atom stereocenters. The Bertz CT molecular complexity index is 860. The van der Waals surface area contributed by atoms with Crippen LogP contribution in [0.25, 0.3) is 21.9 Å². The highest BCUT2D eigenvalue weighted by Gasteiger charge is 2.09. The second-order valence-corrected chi connectivity index (χ2v) is 6.25. The number of allylic oxidation sites excluding steroid dienone is 1. The number of hydrogen-bond acceptors (Lipinski definition) is 4. The van der Waals surface area contributed by atoms with Gasteiger partial charge >= 0.3 is 0 Å². The van der Waals surface area contributed by atoms with Crippen molar-refractivity contribution >= 4 is 49.1 Å². The van der Waals surface area contributed by atoms with Crippen molar-refractivity contribution in [1.82, 2.24) is 4.98 Å². The highest BCUT2D eigenvalue weighted by atomic mass is 79.9. The van der Waals surface area contributed by atoms with Gasteiger partial charge in [0.05, 0.1) is 20.3 Å². The Labute approximate surface area is 133 Å². The van der Waals surface area contributed by atoms with E-state index in [4.69, 9.17) is 0 Å². The summed E-state index contributed by atoms with van der Waals surface area (Å²) in [4.78, 5) is 4.49. The number of aromatic hydroxyl groups is 1. The maximum absolute atomic E-state index is 9.50. The highest BCUT2D eigenvalue weighted by Crippen LogP contribution is 2.30. The molecule has 3 rings (SSSR count). The molecule has 2 aromatic carbocycles. The zero-order chi connectivity index (χ0) is 14.8. The third-order valence-corrected chi connectivity index (χ3v) is 4.63. The Morgan fingerprint density at radius 1 is 1.29 bits per heavy atom. The summed E-state index contributed by atoms with van der Waals surface area (Å²) in [6.07, 6.45) is 1.77. The molecule has 3 nitrogen and oxygen atoms in total. The summed E-state index contributed by atoms with van der Waals surface area (Å²) in [5.74, 6) is 0.172.